The second-order valence-electron chi connectivity index (χ2n) is 5.16. The molecule has 0 radical (unpaired) electrons. The minimum absolute atomic E-state index is 0.0263. The smallest absolute Gasteiger partial charge is 0.270 e. The molecule has 0 atom stereocenters. The summed E-state index contributed by atoms with van der Waals surface area (Å²) in [6, 6.07) is 9.72. The number of carbonyl (C=O) groups is 1. The average Bonchev–Trinajstić information content (AvgIpc) is 3.08. The summed E-state index contributed by atoms with van der Waals surface area (Å²) < 4.78 is 13.5. The number of nitro benzene ring substituents is 1. The van der Waals surface area contributed by atoms with Crippen LogP contribution >= 0.6 is 34.7 Å². The highest BCUT2D eigenvalue weighted by Crippen LogP contribution is 2.29. The standard InChI is InChI=1S/C16H10ClFN4O3S2/c17-13-6-5-11(22(24)25)7-12(13)14(23)19-15-20-21-16(27-15)26-8-9-1-3-10(18)4-2-9/h1-7H,8H2,(H,19,20,23). The van der Waals surface area contributed by atoms with Gasteiger partial charge in [-0.2, -0.15) is 0 Å². The Balaban J connectivity index is 1.65. The second kappa shape index (κ2) is 8.42. The van der Waals surface area contributed by atoms with Crippen molar-refractivity contribution in [2.24, 2.45) is 0 Å². The Morgan fingerprint density at radius 1 is 1.26 bits per heavy atom. The zero-order valence-electron chi connectivity index (χ0n) is 13.4. The number of hydrogen-bond acceptors (Lipinski definition) is 7. The van der Waals surface area contributed by atoms with E-state index >= 15 is 0 Å². The van der Waals surface area contributed by atoms with Gasteiger partial charge in [-0.1, -0.05) is 46.8 Å². The fourth-order valence-electron chi connectivity index (χ4n) is 2.01. The lowest BCUT2D eigenvalue weighted by Crippen LogP contribution is -2.12. The van der Waals surface area contributed by atoms with Gasteiger partial charge in [0, 0.05) is 17.9 Å². The van der Waals surface area contributed by atoms with Gasteiger partial charge in [0.15, 0.2) is 4.34 Å². The number of non-ortho nitro benzene ring substituents is 1. The quantitative estimate of drug-likeness (QED) is 0.264. The summed E-state index contributed by atoms with van der Waals surface area (Å²) in [6.45, 7) is 0. The van der Waals surface area contributed by atoms with E-state index in [4.69, 9.17) is 11.6 Å². The first-order chi connectivity index (χ1) is 12.9. The lowest BCUT2D eigenvalue weighted by atomic mass is 10.2. The van der Waals surface area contributed by atoms with Gasteiger partial charge >= 0.3 is 0 Å². The molecule has 0 saturated carbocycles. The largest absolute Gasteiger partial charge is 0.296 e. The molecule has 0 saturated heterocycles. The number of carbonyl (C=O) groups excluding carboxylic acids is 1. The van der Waals surface area contributed by atoms with Gasteiger partial charge in [-0.25, -0.2) is 4.39 Å². The van der Waals surface area contributed by atoms with Gasteiger partial charge in [0.2, 0.25) is 5.13 Å². The third-order valence-electron chi connectivity index (χ3n) is 3.31. The van der Waals surface area contributed by atoms with Crippen molar-refractivity contribution in [1.82, 2.24) is 10.2 Å². The van der Waals surface area contributed by atoms with Crippen molar-refractivity contribution in [3.63, 3.8) is 0 Å². The molecule has 2 aromatic carbocycles. The van der Waals surface area contributed by atoms with Crippen LogP contribution in [0.15, 0.2) is 46.8 Å². The first-order valence-corrected chi connectivity index (χ1v) is 9.56. The van der Waals surface area contributed by atoms with Crippen LogP contribution in [0.2, 0.25) is 5.02 Å². The summed E-state index contributed by atoms with van der Waals surface area (Å²) >= 11 is 8.49. The van der Waals surface area contributed by atoms with E-state index in [9.17, 15) is 19.3 Å². The minimum atomic E-state index is -0.616. The number of halogens is 2. The van der Waals surface area contributed by atoms with Gasteiger partial charge in [0.05, 0.1) is 15.5 Å². The van der Waals surface area contributed by atoms with Gasteiger partial charge in [-0.15, -0.1) is 10.2 Å². The summed E-state index contributed by atoms with van der Waals surface area (Å²) in [5.41, 5.74) is 0.657. The molecule has 0 aliphatic carbocycles. The van der Waals surface area contributed by atoms with E-state index in [0.717, 1.165) is 23.0 Å². The number of amides is 1. The monoisotopic (exact) mass is 424 g/mol. The van der Waals surface area contributed by atoms with Gasteiger partial charge in [-0.05, 0) is 23.8 Å². The maximum atomic E-state index is 12.9. The van der Waals surface area contributed by atoms with E-state index in [2.05, 4.69) is 15.5 Å². The number of nitrogens with zero attached hydrogens (tertiary/aromatic N) is 3. The molecule has 1 aromatic heterocycles. The number of thioether (sulfide) groups is 1. The van der Waals surface area contributed by atoms with E-state index in [1.54, 1.807) is 12.1 Å². The molecular formula is C16H10ClFN4O3S2. The molecular weight excluding hydrogens is 415 g/mol. The Hall–Kier alpha value is -2.56. The highest BCUT2D eigenvalue weighted by Gasteiger charge is 2.17. The first-order valence-electron chi connectivity index (χ1n) is 7.38. The lowest BCUT2D eigenvalue weighted by molar-refractivity contribution is -0.384. The maximum absolute atomic E-state index is 12.9. The molecule has 1 N–H and O–H groups in total. The molecule has 0 aliphatic rings. The summed E-state index contributed by atoms with van der Waals surface area (Å²) in [6.07, 6.45) is 0. The van der Waals surface area contributed by atoms with E-state index in [1.807, 2.05) is 0 Å². The van der Waals surface area contributed by atoms with Crippen molar-refractivity contribution >= 4 is 51.4 Å². The molecule has 0 unspecified atom stereocenters. The Bertz CT molecular complexity index is 998. The van der Waals surface area contributed by atoms with Crippen molar-refractivity contribution in [2.75, 3.05) is 5.32 Å². The van der Waals surface area contributed by atoms with E-state index in [1.165, 1.54) is 36.0 Å². The summed E-state index contributed by atoms with van der Waals surface area (Å²) in [5.74, 6) is -0.348. The molecule has 3 aromatic rings. The van der Waals surface area contributed by atoms with Crippen LogP contribution in [0.3, 0.4) is 0 Å². The Labute approximate surface area is 165 Å². The van der Waals surface area contributed by atoms with Crippen LogP contribution in [-0.2, 0) is 5.75 Å². The number of aromatic nitrogens is 2. The highest BCUT2D eigenvalue weighted by molar-refractivity contribution is 8.00. The number of anilines is 1. The molecule has 7 nitrogen and oxygen atoms in total. The van der Waals surface area contributed by atoms with E-state index < -0.39 is 10.8 Å². The zero-order chi connectivity index (χ0) is 19.4. The first kappa shape index (κ1) is 19.2. The molecule has 138 valence electrons. The number of nitrogens with one attached hydrogen (secondary N) is 1. The Morgan fingerprint density at radius 2 is 2.00 bits per heavy atom. The number of benzene rings is 2. The summed E-state index contributed by atoms with van der Waals surface area (Å²) in [5, 5.41) is 21.5. The Kier molecular flexibility index (Phi) is 5.99. The van der Waals surface area contributed by atoms with Crippen LogP contribution < -0.4 is 5.32 Å². The van der Waals surface area contributed by atoms with Crippen molar-refractivity contribution in [1.29, 1.82) is 0 Å². The van der Waals surface area contributed by atoms with E-state index in [-0.39, 0.29) is 27.2 Å². The van der Waals surface area contributed by atoms with Crippen LogP contribution in [-0.4, -0.2) is 21.0 Å². The fraction of sp³-hybridized carbons (Fsp3) is 0.0625. The molecule has 3 rings (SSSR count). The summed E-state index contributed by atoms with van der Waals surface area (Å²) in [7, 11) is 0. The fourth-order valence-corrected chi connectivity index (χ4v) is 3.92. The molecule has 0 bridgehead atoms. The zero-order valence-corrected chi connectivity index (χ0v) is 15.8. The topological polar surface area (TPSA) is 98.0 Å². The molecule has 0 fully saturated rings. The minimum Gasteiger partial charge on any atom is -0.296 e. The van der Waals surface area contributed by atoms with Crippen molar-refractivity contribution < 1.29 is 14.1 Å². The molecule has 0 aliphatic heterocycles. The van der Waals surface area contributed by atoms with Crippen LogP contribution in [0.1, 0.15) is 15.9 Å². The summed E-state index contributed by atoms with van der Waals surface area (Å²) in [4.78, 5) is 22.5. The number of rotatable bonds is 6. The van der Waals surface area contributed by atoms with Gasteiger partial charge in [0.1, 0.15) is 5.82 Å². The number of nitro groups is 1. The molecule has 1 amide bonds. The van der Waals surface area contributed by atoms with E-state index in [0.29, 0.717) is 10.1 Å². The average molecular weight is 425 g/mol. The van der Waals surface area contributed by atoms with Gasteiger partial charge in [-0.3, -0.25) is 20.2 Å². The third-order valence-corrected chi connectivity index (χ3v) is 5.68. The number of hydrogen-bond donors (Lipinski definition) is 1. The molecule has 1 heterocycles. The van der Waals surface area contributed by atoms with Gasteiger partial charge < -0.3 is 0 Å². The predicted molar refractivity (Wildman–Crippen MR) is 102 cm³/mol. The predicted octanol–water partition coefficient (Wildman–Crippen LogP) is 4.78. The van der Waals surface area contributed by atoms with Crippen molar-refractivity contribution in [3.05, 3.63) is 74.5 Å². The van der Waals surface area contributed by atoms with Crippen molar-refractivity contribution in [2.45, 2.75) is 10.1 Å². The highest BCUT2D eigenvalue weighted by atomic mass is 35.5. The van der Waals surface area contributed by atoms with Crippen molar-refractivity contribution in [3.8, 4) is 0 Å². The Morgan fingerprint density at radius 3 is 2.70 bits per heavy atom. The molecule has 27 heavy (non-hydrogen) atoms. The molecule has 11 heteroatoms. The third kappa shape index (κ3) is 5.00. The van der Waals surface area contributed by atoms with Gasteiger partial charge in [0.25, 0.3) is 11.6 Å². The van der Waals surface area contributed by atoms with Crippen LogP contribution in [0.25, 0.3) is 0 Å². The SMILES string of the molecule is O=C(Nc1nnc(SCc2ccc(F)cc2)s1)c1cc([N+](=O)[O-])ccc1Cl. The molecule has 0 spiro atoms. The van der Waals surface area contributed by atoms with Crippen LogP contribution in [0.4, 0.5) is 15.2 Å². The van der Waals surface area contributed by atoms with Crippen LogP contribution in [0, 0.1) is 15.9 Å². The lowest BCUT2D eigenvalue weighted by Gasteiger charge is -2.03. The van der Waals surface area contributed by atoms with Crippen LogP contribution in [0.5, 0.6) is 0 Å². The second-order valence-corrected chi connectivity index (χ2v) is 7.77. The normalized spacial score (nSPS) is 10.6. The maximum Gasteiger partial charge on any atom is 0.270 e.